The number of carbonyl (C=O) groups excluding carboxylic acids is 1. The van der Waals surface area contributed by atoms with Crippen LogP contribution in [0.2, 0.25) is 0 Å². The van der Waals surface area contributed by atoms with E-state index in [9.17, 15) is 4.79 Å². The monoisotopic (exact) mass is 296 g/mol. The fraction of sp³-hybridized carbons (Fsp3) is 0.400. The molecule has 1 aliphatic rings. The predicted molar refractivity (Wildman–Crippen MR) is 72.8 cm³/mol. The number of nitrogens with two attached hydrogens (primary N) is 1. The molecule has 3 N–H and O–H groups in total. The molecule has 0 saturated carbocycles. The second-order valence-electron chi connectivity index (χ2n) is 4.13. The molecule has 0 saturated heterocycles. The van der Waals surface area contributed by atoms with Crippen molar-refractivity contribution in [1.29, 1.82) is 0 Å². The minimum atomic E-state index is 0.102. The molecule has 0 unspecified atom stereocenters. The second-order valence-corrected chi connectivity index (χ2v) is 6.37. The second kappa shape index (κ2) is 5.17. The van der Waals surface area contributed by atoms with Crippen molar-refractivity contribution < 1.29 is 4.79 Å². The standard InChI is InChI=1S/C10H12N6OS2/c11-9-14-15-10(19-9)18-5-8(17)16-2-1-7-6(4-16)3-12-13-7/h3H,1-2,4-5H2,(H2,11,14)(H,12,13). The largest absolute Gasteiger partial charge is 0.374 e. The van der Waals surface area contributed by atoms with Crippen LogP contribution in [0.3, 0.4) is 0 Å². The number of thioether (sulfide) groups is 1. The van der Waals surface area contributed by atoms with E-state index in [1.165, 1.54) is 23.1 Å². The number of hydrogen-bond donors (Lipinski definition) is 2. The van der Waals surface area contributed by atoms with Gasteiger partial charge in [-0.05, 0) is 0 Å². The number of carbonyl (C=O) groups is 1. The first kappa shape index (κ1) is 12.4. The number of fused-ring (bicyclic) bond motifs is 1. The molecule has 0 atom stereocenters. The molecule has 100 valence electrons. The van der Waals surface area contributed by atoms with Crippen molar-refractivity contribution >= 4 is 34.1 Å². The van der Waals surface area contributed by atoms with Crippen LogP contribution in [-0.2, 0) is 17.8 Å². The van der Waals surface area contributed by atoms with Gasteiger partial charge >= 0.3 is 0 Å². The third kappa shape index (κ3) is 2.71. The number of amides is 1. The molecular formula is C10H12N6OS2. The zero-order valence-corrected chi connectivity index (χ0v) is 11.6. The summed E-state index contributed by atoms with van der Waals surface area (Å²) in [5.74, 6) is 0.465. The minimum absolute atomic E-state index is 0.102. The summed E-state index contributed by atoms with van der Waals surface area (Å²) < 4.78 is 0.729. The van der Waals surface area contributed by atoms with E-state index in [1.54, 1.807) is 6.20 Å². The van der Waals surface area contributed by atoms with E-state index in [-0.39, 0.29) is 5.91 Å². The highest BCUT2D eigenvalue weighted by Crippen LogP contribution is 2.24. The first-order chi connectivity index (χ1) is 9.22. The van der Waals surface area contributed by atoms with Crippen molar-refractivity contribution in [3.05, 3.63) is 17.5 Å². The first-order valence-electron chi connectivity index (χ1n) is 5.73. The molecule has 0 fully saturated rings. The number of nitrogens with one attached hydrogen (secondary N) is 1. The van der Waals surface area contributed by atoms with Crippen molar-refractivity contribution in [2.24, 2.45) is 0 Å². The average molecular weight is 296 g/mol. The van der Waals surface area contributed by atoms with Crippen LogP contribution in [0.15, 0.2) is 10.5 Å². The lowest BCUT2D eigenvalue weighted by molar-refractivity contribution is -0.129. The number of nitrogen functional groups attached to an aromatic ring is 1. The lowest BCUT2D eigenvalue weighted by Gasteiger charge is -2.26. The number of anilines is 1. The molecule has 1 amide bonds. The Morgan fingerprint density at radius 2 is 2.47 bits per heavy atom. The van der Waals surface area contributed by atoms with E-state index < -0.39 is 0 Å². The maximum Gasteiger partial charge on any atom is 0.233 e. The van der Waals surface area contributed by atoms with Gasteiger partial charge < -0.3 is 10.6 Å². The van der Waals surface area contributed by atoms with Gasteiger partial charge in [-0.3, -0.25) is 9.89 Å². The van der Waals surface area contributed by atoms with Crippen molar-refractivity contribution in [1.82, 2.24) is 25.3 Å². The van der Waals surface area contributed by atoms with Crippen molar-refractivity contribution in [2.45, 2.75) is 17.3 Å². The quantitative estimate of drug-likeness (QED) is 0.801. The van der Waals surface area contributed by atoms with Gasteiger partial charge in [-0.2, -0.15) is 5.10 Å². The number of aromatic amines is 1. The van der Waals surface area contributed by atoms with E-state index in [2.05, 4.69) is 20.4 Å². The smallest absolute Gasteiger partial charge is 0.233 e. The summed E-state index contributed by atoms with van der Waals surface area (Å²) >= 11 is 2.68. The topological polar surface area (TPSA) is 101 Å². The molecule has 3 rings (SSSR count). The number of rotatable bonds is 3. The van der Waals surface area contributed by atoms with Gasteiger partial charge in [-0.1, -0.05) is 23.1 Å². The molecule has 19 heavy (non-hydrogen) atoms. The van der Waals surface area contributed by atoms with Crippen LogP contribution in [0, 0.1) is 0 Å². The molecule has 7 nitrogen and oxygen atoms in total. The average Bonchev–Trinajstić information content (AvgIpc) is 3.03. The van der Waals surface area contributed by atoms with Gasteiger partial charge in [0, 0.05) is 30.8 Å². The fourth-order valence-electron chi connectivity index (χ4n) is 1.93. The minimum Gasteiger partial charge on any atom is -0.374 e. The van der Waals surface area contributed by atoms with Gasteiger partial charge in [-0.25, -0.2) is 0 Å². The number of aromatic nitrogens is 4. The maximum atomic E-state index is 12.1. The van der Waals surface area contributed by atoms with Crippen LogP contribution in [0.5, 0.6) is 0 Å². The molecular weight excluding hydrogens is 284 g/mol. The lowest BCUT2D eigenvalue weighted by atomic mass is 10.1. The summed E-state index contributed by atoms with van der Waals surface area (Å²) in [5, 5.41) is 15.0. The third-order valence-corrected chi connectivity index (χ3v) is 4.76. The number of nitrogens with zero attached hydrogens (tertiary/aromatic N) is 4. The molecule has 3 heterocycles. The SMILES string of the molecule is Nc1nnc(SCC(=O)N2CCc3[nH]ncc3C2)s1. The van der Waals surface area contributed by atoms with Gasteiger partial charge in [0.25, 0.3) is 0 Å². The van der Waals surface area contributed by atoms with Gasteiger partial charge in [0.2, 0.25) is 11.0 Å². The van der Waals surface area contributed by atoms with Crippen LogP contribution in [-0.4, -0.2) is 43.5 Å². The first-order valence-corrected chi connectivity index (χ1v) is 7.53. The Morgan fingerprint density at radius 1 is 1.58 bits per heavy atom. The Balaban J connectivity index is 1.57. The van der Waals surface area contributed by atoms with Crippen molar-refractivity contribution in [3.8, 4) is 0 Å². The van der Waals surface area contributed by atoms with Crippen LogP contribution >= 0.6 is 23.1 Å². The van der Waals surface area contributed by atoms with Crippen LogP contribution in [0.25, 0.3) is 0 Å². The van der Waals surface area contributed by atoms with E-state index in [0.717, 1.165) is 28.6 Å². The lowest BCUT2D eigenvalue weighted by Crippen LogP contribution is -2.36. The normalized spacial score (nSPS) is 14.4. The maximum absolute atomic E-state index is 12.1. The Hall–Kier alpha value is -1.61. The summed E-state index contributed by atoms with van der Waals surface area (Å²) in [6.07, 6.45) is 2.62. The van der Waals surface area contributed by atoms with E-state index in [4.69, 9.17) is 5.73 Å². The molecule has 0 spiro atoms. The molecule has 0 bridgehead atoms. The number of hydrogen-bond acceptors (Lipinski definition) is 7. The van der Waals surface area contributed by atoms with Gasteiger partial charge in [0.05, 0.1) is 11.9 Å². The summed E-state index contributed by atoms with van der Waals surface area (Å²) in [7, 11) is 0. The summed E-state index contributed by atoms with van der Waals surface area (Å²) in [5.41, 5.74) is 7.73. The summed E-state index contributed by atoms with van der Waals surface area (Å²) in [6.45, 7) is 1.36. The van der Waals surface area contributed by atoms with Gasteiger partial charge in [0.15, 0.2) is 4.34 Å². The molecule has 2 aromatic heterocycles. The van der Waals surface area contributed by atoms with E-state index in [1.807, 2.05) is 4.90 Å². The van der Waals surface area contributed by atoms with Crippen LogP contribution in [0.4, 0.5) is 5.13 Å². The predicted octanol–water partition coefficient (Wildman–Crippen LogP) is 0.520. The highest BCUT2D eigenvalue weighted by molar-refractivity contribution is 8.01. The molecule has 2 aromatic rings. The molecule has 9 heteroatoms. The summed E-state index contributed by atoms with van der Waals surface area (Å²) in [4.78, 5) is 14.0. The van der Waals surface area contributed by atoms with E-state index >= 15 is 0 Å². The Kier molecular flexibility index (Phi) is 3.38. The zero-order chi connectivity index (χ0) is 13.2. The Bertz CT molecular complexity index is 594. The zero-order valence-electron chi connectivity index (χ0n) is 10.00. The van der Waals surface area contributed by atoms with Crippen LogP contribution in [0.1, 0.15) is 11.3 Å². The molecule has 0 aromatic carbocycles. The molecule has 0 radical (unpaired) electrons. The highest BCUT2D eigenvalue weighted by Gasteiger charge is 2.22. The highest BCUT2D eigenvalue weighted by atomic mass is 32.2. The molecule has 1 aliphatic heterocycles. The van der Waals surface area contributed by atoms with Gasteiger partial charge in [0.1, 0.15) is 0 Å². The van der Waals surface area contributed by atoms with Crippen molar-refractivity contribution in [2.75, 3.05) is 18.0 Å². The van der Waals surface area contributed by atoms with Gasteiger partial charge in [-0.15, -0.1) is 10.2 Å². The molecule has 0 aliphatic carbocycles. The Labute approximate surface area is 117 Å². The van der Waals surface area contributed by atoms with Crippen LogP contribution < -0.4 is 5.73 Å². The summed E-state index contributed by atoms with van der Waals surface area (Å²) in [6, 6.07) is 0. The third-order valence-electron chi connectivity index (χ3n) is 2.89. The fourth-order valence-corrected chi connectivity index (χ4v) is 3.47. The number of H-pyrrole nitrogens is 1. The Morgan fingerprint density at radius 3 is 3.26 bits per heavy atom. The van der Waals surface area contributed by atoms with E-state index in [0.29, 0.717) is 17.4 Å². The van der Waals surface area contributed by atoms with Crippen molar-refractivity contribution in [3.63, 3.8) is 0 Å².